The minimum absolute atomic E-state index is 0.000879. The van der Waals surface area contributed by atoms with Gasteiger partial charge in [-0.25, -0.2) is 4.68 Å². The number of amides is 1. The molecule has 0 fully saturated rings. The number of primary amides is 1. The van der Waals surface area contributed by atoms with Crippen molar-refractivity contribution in [2.24, 2.45) is 15.5 Å². The zero-order valence-corrected chi connectivity index (χ0v) is 20.3. The van der Waals surface area contributed by atoms with Gasteiger partial charge in [0.05, 0.1) is 10.6 Å². The maximum atomic E-state index is 13.4. The zero-order valence-electron chi connectivity index (χ0n) is 18.7. The summed E-state index contributed by atoms with van der Waals surface area (Å²) in [6, 6.07) is 7.35. The third kappa shape index (κ3) is 4.46. The van der Waals surface area contributed by atoms with Gasteiger partial charge in [-0.2, -0.15) is 13.5 Å². The van der Waals surface area contributed by atoms with E-state index in [2.05, 4.69) is 14.8 Å². The first-order valence-corrected chi connectivity index (χ1v) is 12.6. The number of thiophene rings is 1. The van der Waals surface area contributed by atoms with Crippen LogP contribution in [0.5, 0.6) is 5.75 Å². The molecule has 3 heterocycles. The first-order valence-electron chi connectivity index (χ1n) is 10.3. The SMILES string of the molecule is CC(C)(C)CCn1nc(-c2cccs2)c(O)c(C2=NS(=O)(=O)c3cc(C(N)=O)ccc3N2)c1=O. The molecule has 4 N–H and O–H groups in total. The third-order valence-corrected chi connectivity index (χ3v) is 7.40. The third-order valence-electron chi connectivity index (χ3n) is 5.20. The number of nitrogens with two attached hydrogens (primary N) is 1. The highest BCUT2D eigenvalue weighted by Crippen LogP contribution is 2.35. The molecule has 1 aliphatic heterocycles. The molecule has 0 atom stereocenters. The molecule has 0 saturated heterocycles. The predicted molar refractivity (Wildman–Crippen MR) is 130 cm³/mol. The maximum absolute atomic E-state index is 13.4. The van der Waals surface area contributed by atoms with Crippen LogP contribution in [-0.4, -0.2) is 35.0 Å². The number of carbonyl (C=O) groups is 1. The second kappa shape index (κ2) is 8.37. The van der Waals surface area contributed by atoms with Crippen molar-refractivity contribution < 1.29 is 18.3 Å². The van der Waals surface area contributed by atoms with Gasteiger partial charge in [0.1, 0.15) is 16.2 Å². The molecule has 0 aliphatic carbocycles. The smallest absolute Gasteiger partial charge is 0.286 e. The lowest BCUT2D eigenvalue weighted by molar-refractivity contribution is 0.1000. The number of rotatable bonds is 5. The van der Waals surface area contributed by atoms with Crippen molar-refractivity contribution in [1.82, 2.24) is 9.78 Å². The minimum atomic E-state index is -4.30. The van der Waals surface area contributed by atoms with E-state index in [0.29, 0.717) is 11.3 Å². The Hall–Kier alpha value is -3.51. The summed E-state index contributed by atoms with van der Waals surface area (Å²) in [7, 11) is -4.30. The number of nitrogens with one attached hydrogen (secondary N) is 1. The van der Waals surface area contributed by atoms with E-state index >= 15 is 0 Å². The van der Waals surface area contributed by atoms with Gasteiger partial charge < -0.3 is 16.2 Å². The van der Waals surface area contributed by atoms with Crippen LogP contribution in [0.1, 0.15) is 43.1 Å². The van der Waals surface area contributed by atoms with Crippen molar-refractivity contribution >= 4 is 38.8 Å². The monoisotopic (exact) mass is 501 g/mol. The summed E-state index contributed by atoms with van der Waals surface area (Å²) >= 11 is 1.32. The molecule has 10 nitrogen and oxygen atoms in total. The van der Waals surface area contributed by atoms with Crippen molar-refractivity contribution in [2.75, 3.05) is 5.32 Å². The fraction of sp³-hybridized carbons (Fsp3) is 0.273. The summed E-state index contributed by atoms with van der Waals surface area (Å²) < 4.78 is 30.8. The summed E-state index contributed by atoms with van der Waals surface area (Å²) in [5.74, 6) is -1.59. The van der Waals surface area contributed by atoms with Crippen LogP contribution >= 0.6 is 11.3 Å². The highest BCUT2D eigenvalue weighted by atomic mass is 32.2. The first-order chi connectivity index (χ1) is 15.9. The van der Waals surface area contributed by atoms with Gasteiger partial charge in [0, 0.05) is 12.1 Å². The molecule has 0 saturated carbocycles. The summed E-state index contributed by atoms with van der Waals surface area (Å²) in [5.41, 5.74) is 4.43. The van der Waals surface area contributed by atoms with Gasteiger partial charge in [-0.05, 0) is 41.5 Å². The van der Waals surface area contributed by atoms with Gasteiger partial charge in [-0.15, -0.1) is 15.7 Å². The number of amidine groups is 1. The van der Waals surface area contributed by atoms with E-state index in [1.165, 1.54) is 28.2 Å². The van der Waals surface area contributed by atoms with E-state index in [1.807, 2.05) is 20.8 Å². The van der Waals surface area contributed by atoms with Gasteiger partial charge in [-0.1, -0.05) is 26.8 Å². The first kappa shape index (κ1) is 23.6. The van der Waals surface area contributed by atoms with Crippen molar-refractivity contribution in [3.05, 3.63) is 57.2 Å². The number of hydrogen-bond acceptors (Lipinski definition) is 8. The second-order valence-corrected chi connectivity index (χ2v) is 11.5. The fourth-order valence-electron chi connectivity index (χ4n) is 3.37. The number of benzene rings is 1. The Balaban J connectivity index is 1.91. The molecule has 1 amide bonds. The van der Waals surface area contributed by atoms with Gasteiger partial charge in [0.2, 0.25) is 5.91 Å². The number of fused-ring (bicyclic) bond motifs is 1. The Labute approximate surface area is 199 Å². The molecule has 0 bridgehead atoms. The quantitative estimate of drug-likeness (QED) is 0.485. The van der Waals surface area contributed by atoms with Crippen molar-refractivity contribution in [1.29, 1.82) is 0 Å². The molecule has 0 radical (unpaired) electrons. The maximum Gasteiger partial charge on any atom is 0.286 e. The van der Waals surface area contributed by atoms with Crippen LogP contribution in [0, 0.1) is 5.41 Å². The molecule has 1 aromatic carbocycles. The lowest BCUT2D eigenvalue weighted by atomic mass is 9.92. The van der Waals surface area contributed by atoms with Crippen LogP contribution in [0.2, 0.25) is 0 Å². The molecule has 1 aliphatic rings. The van der Waals surface area contributed by atoms with Crippen molar-refractivity contribution in [2.45, 2.75) is 38.6 Å². The van der Waals surface area contributed by atoms with Crippen molar-refractivity contribution in [3.8, 4) is 16.3 Å². The molecule has 12 heteroatoms. The molecule has 178 valence electrons. The number of sulfonamides is 1. The van der Waals surface area contributed by atoms with Crippen LogP contribution in [-0.2, 0) is 16.6 Å². The highest BCUT2D eigenvalue weighted by Gasteiger charge is 2.31. The van der Waals surface area contributed by atoms with Gasteiger partial charge in [0.25, 0.3) is 15.6 Å². The van der Waals surface area contributed by atoms with Gasteiger partial charge in [0.15, 0.2) is 11.6 Å². The minimum Gasteiger partial charge on any atom is -0.505 e. The summed E-state index contributed by atoms with van der Waals surface area (Å²) in [6.07, 6.45) is 0.616. The Kier molecular flexibility index (Phi) is 5.82. The second-order valence-electron chi connectivity index (χ2n) is 9.00. The lowest BCUT2D eigenvalue weighted by Gasteiger charge is -2.21. The molecule has 0 unspecified atom stereocenters. The number of anilines is 1. The van der Waals surface area contributed by atoms with E-state index in [9.17, 15) is 23.1 Å². The van der Waals surface area contributed by atoms with Gasteiger partial charge >= 0.3 is 0 Å². The lowest BCUT2D eigenvalue weighted by Crippen LogP contribution is -2.34. The van der Waals surface area contributed by atoms with Crippen LogP contribution < -0.4 is 16.6 Å². The van der Waals surface area contributed by atoms with E-state index in [-0.39, 0.29) is 45.2 Å². The van der Waals surface area contributed by atoms with E-state index in [4.69, 9.17) is 5.73 Å². The average molecular weight is 502 g/mol. The standard InChI is InChI=1S/C22H23N5O5S2/c1-22(2,3)8-9-27-21(30)16(18(28)17(25-27)14-5-4-10-33-14)20-24-13-7-6-12(19(23)29)11-15(13)34(31,32)26-20/h4-7,10-11,28H,8-9H2,1-3H3,(H2,23,29)(H,24,26). The number of aryl methyl sites for hydroxylation is 1. The van der Waals surface area contributed by atoms with E-state index < -0.39 is 27.2 Å². The Bertz CT molecular complexity index is 1480. The molecule has 34 heavy (non-hydrogen) atoms. The fourth-order valence-corrected chi connectivity index (χ4v) is 5.23. The molecular weight excluding hydrogens is 478 g/mol. The molecule has 2 aromatic heterocycles. The number of aromatic hydroxyl groups is 1. The molecule has 4 rings (SSSR count). The topological polar surface area (TPSA) is 157 Å². The summed E-state index contributed by atoms with van der Waals surface area (Å²) in [4.78, 5) is 25.2. The van der Waals surface area contributed by atoms with Crippen LogP contribution in [0.4, 0.5) is 5.69 Å². The van der Waals surface area contributed by atoms with Crippen LogP contribution in [0.3, 0.4) is 0 Å². The molecular formula is C22H23N5O5S2. The Morgan fingerprint density at radius 2 is 2.00 bits per heavy atom. The Morgan fingerprint density at radius 3 is 2.62 bits per heavy atom. The number of carbonyl (C=O) groups excluding carboxylic acids is 1. The molecule has 3 aromatic rings. The van der Waals surface area contributed by atoms with Crippen molar-refractivity contribution in [3.63, 3.8) is 0 Å². The van der Waals surface area contributed by atoms with Crippen LogP contribution in [0.25, 0.3) is 10.6 Å². The number of nitrogens with zero attached hydrogens (tertiary/aromatic N) is 3. The highest BCUT2D eigenvalue weighted by molar-refractivity contribution is 7.90. The number of hydrogen-bond donors (Lipinski definition) is 3. The molecule has 0 spiro atoms. The normalized spacial score (nSPS) is 14.7. The van der Waals surface area contributed by atoms with Crippen LogP contribution in [0.15, 0.2) is 49.8 Å². The summed E-state index contributed by atoms with van der Waals surface area (Å²) in [6.45, 7) is 6.33. The van der Waals surface area contributed by atoms with E-state index in [0.717, 1.165) is 6.07 Å². The number of aromatic nitrogens is 2. The predicted octanol–water partition coefficient (Wildman–Crippen LogP) is 2.77. The largest absolute Gasteiger partial charge is 0.505 e. The Morgan fingerprint density at radius 1 is 1.26 bits per heavy atom. The van der Waals surface area contributed by atoms with E-state index in [1.54, 1.807) is 17.5 Å². The van der Waals surface area contributed by atoms with Gasteiger partial charge in [-0.3, -0.25) is 9.59 Å². The summed E-state index contributed by atoms with van der Waals surface area (Å²) in [5, 5.41) is 20.0. The average Bonchev–Trinajstić information content (AvgIpc) is 3.26. The zero-order chi connectivity index (χ0) is 24.8.